The number of rotatable bonds is 14. The van der Waals surface area contributed by atoms with E-state index in [0.29, 0.717) is 6.61 Å². The highest BCUT2D eigenvalue weighted by Gasteiger charge is 2.14. The van der Waals surface area contributed by atoms with Crippen LogP contribution in [0, 0.1) is 0 Å². The Kier molecular flexibility index (Phi) is 11.3. The van der Waals surface area contributed by atoms with Gasteiger partial charge in [0.05, 0.1) is 13.7 Å². The molecule has 0 unspecified atom stereocenters. The molecule has 4 nitrogen and oxygen atoms in total. The normalized spacial score (nSPS) is 11.0. The average Bonchev–Trinajstić information content (AvgIpc) is 2.64. The zero-order chi connectivity index (χ0) is 19.2. The molecule has 0 saturated carbocycles. The van der Waals surface area contributed by atoms with E-state index >= 15 is 0 Å². The number of ether oxygens (including phenoxy) is 2. The van der Waals surface area contributed by atoms with Gasteiger partial charge in [-0.05, 0) is 37.0 Å². The number of unbranched alkanes of at least 4 members (excludes halogenated alkanes) is 6. The third-order valence-corrected chi connectivity index (χ3v) is 4.41. The summed E-state index contributed by atoms with van der Waals surface area (Å²) < 4.78 is 11.6. The number of hydrogen-bond acceptors (Lipinski definition) is 3. The SMILES string of the molecule is CCCCCCCCOc1ccc(C=CC(=O)O)c(CCCC)c1OC. The smallest absolute Gasteiger partial charge is 0.328 e. The summed E-state index contributed by atoms with van der Waals surface area (Å²) in [7, 11) is 1.65. The first kappa shape index (κ1) is 22.1. The number of carboxylic acids is 1. The van der Waals surface area contributed by atoms with Gasteiger partial charge < -0.3 is 14.6 Å². The fraction of sp³-hybridized carbons (Fsp3) is 0.591. The molecular weight excluding hydrogens is 328 g/mol. The van der Waals surface area contributed by atoms with E-state index in [4.69, 9.17) is 14.6 Å². The molecule has 1 aromatic rings. The van der Waals surface area contributed by atoms with Crippen LogP contribution >= 0.6 is 0 Å². The Hall–Kier alpha value is -1.97. The minimum Gasteiger partial charge on any atom is -0.493 e. The number of hydrogen-bond donors (Lipinski definition) is 1. The van der Waals surface area contributed by atoms with Crippen LogP contribution in [0.4, 0.5) is 0 Å². The molecule has 0 aliphatic heterocycles. The average molecular weight is 363 g/mol. The predicted octanol–water partition coefficient (Wildman–Crippen LogP) is 5.87. The fourth-order valence-corrected chi connectivity index (χ4v) is 2.95. The van der Waals surface area contributed by atoms with Crippen molar-refractivity contribution < 1.29 is 19.4 Å². The standard InChI is InChI=1S/C22H34O4/c1-4-6-8-9-10-11-17-26-20-15-13-18(14-16-21(23)24)19(12-7-5-2)22(20)25-3/h13-16H,4-12,17H2,1-3H3,(H,23,24). The molecule has 0 aromatic heterocycles. The van der Waals surface area contributed by atoms with Gasteiger partial charge in [-0.25, -0.2) is 4.79 Å². The van der Waals surface area contributed by atoms with Gasteiger partial charge in [0, 0.05) is 11.6 Å². The second kappa shape index (κ2) is 13.3. The van der Waals surface area contributed by atoms with Crippen molar-refractivity contribution in [2.24, 2.45) is 0 Å². The quantitative estimate of drug-likeness (QED) is 0.332. The summed E-state index contributed by atoms with van der Waals surface area (Å²) in [4.78, 5) is 10.8. The molecule has 0 aliphatic carbocycles. The van der Waals surface area contributed by atoms with E-state index in [1.807, 2.05) is 12.1 Å². The summed E-state index contributed by atoms with van der Waals surface area (Å²) in [6, 6.07) is 3.80. The lowest BCUT2D eigenvalue weighted by molar-refractivity contribution is -0.131. The first-order valence-corrected chi connectivity index (χ1v) is 9.87. The highest BCUT2D eigenvalue weighted by Crippen LogP contribution is 2.35. The molecule has 0 atom stereocenters. The van der Waals surface area contributed by atoms with Crippen LogP contribution in [0.15, 0.2) is 18.2 Å². The van der Waals surface area contributed by atoms with Crippen LogP contribution in [-0.4, -0.2) is 24.8 Å². The number of carboxylic acid groups (broad SMARTS) is 1. The summed E-state index contributed by atoms with van der Waals surface area (Å²) in [5.74, 6) is 0.533. The maximum absolute atomic E-state index is 10.8. The number of benzene rings is 1. The topological polar surface area (TPSA) is 55.8 Å². The van der Waals surface area contributed by atoms with Gasteiger partial charge in [0.15, 0.2) is 11.5 Å². The molecule has 1 N–H and O–H groups in total. The lowest BCUT2D eigenvalue weighted by Crippen LogP contribution is -2.03. The summed E-state index contributed by atoms with van der Waals surface area (Å²) in [5.41, 5.74) is 1.90. The lowest BCUT2D eigenvalue weighted by Gasteiger charge is -2.17. The molecule has 1 rings (SSSR count). The van der Waals surface area contributed by atoms with E-state index in [-0.39, 0.29) is 0 Å². The molecule has 1 aromatic carbocycles. The number of carbonyl (C=O) groups is 1. The van der Waals surface area contributed by atoms with Gasteiger partial charge >= 0.3 is 5.97 Å². The van der Waals surface area contributed by atoms with E-state index in [1.165, 1.54) is 38.2 Å². The lowest BCUT2D eigenvalue weighted by atomic mass is 9.99. The maximum atomic E-state index is 10.8. The third-order valence-electron chi connectivity index (χ3n) is 4.41. The Morgan fingerprint density at radius 3 is 2.38 bits per heavy atom. The molecule has 0 spiro atoms. The van der Waals surface area contributed by atoms with Gasteiger partial charge in [-0.1, -0.05) is 58.4 Å². The van der Waals surface area contributed by atoms with Gasteiger partial charge in [0.25, 0.3) is 0 Å². The molecule has 0 saturated heterocycles. The van der Waals surface area contributed by atoms with Gasteiger partial charge in [0.2, 0.25) is 0 Å². The Balaban J connectivity index is 2.80. The molecular formula is C22H34O4. The van der Waals surface area contributed by atoms with Crippen molar-refractivity contribution >= 4 is 12.0 Å². The molecule has 0 amide bonds. The summed E-state index contributed by atoms with van der Waals surface area (Å²) in [6.45, 7) is 5.04. The van der Waals surface area contributed by atoms with Crippen molar-refractivity contribution in [1.29, 1.82) is 0 Å². The molecule has 0 heterocycles. The van der Waals surface area contributed by atoms with Crippen molar-refractivity contribution in [2.75, 3.05) is 13.7 Å². The summed E-state index contributed by atoms with van der Waals surface area (Å²) >= 11 is 0. The number of aliphatic carboxylic acids is 1. The van der Waals surface area contributed by atoms with Crippen LogP contribution in [0.25, 0.3) is 6.08 Å². The Morgan fingerprint density at radius 2 is 1.73 bits per heavy atom. The molecule has 0 fully saturated rings. The van der Waals surface area contributed by atoms with Crippen molar-refractivity contribution in [3.8, 4) is 11.5 Å². The summed E-state index contributed by atoms with van der Waals surface area (Å²) in [6.07, 6.45) is 13.1. The Labute approximate surface area is 158 Å². The maximum Gasteiger partial charge on any atom is 0.328 e. The Bertz CT molecular complexity index is 564. The molecule has 4 heteroatoms. The third kappa shape index (κ3) is 7.94. The van der Waals surface area contributed by atoms with Crippen LogP contribution < -0.4 is 9.47 Å². The second-order valence-electron chi connectivity index (χ2n) is 6.56. The van der Waals surface area contributed by atoms with E-state index < -0.39 is 5.97 Å². The molecule has 0 radical (unpaired) electrons. The van der Waals surface area contributed by atoms with Crippen molar-refractivity contribution in [1.82, 2.24) is 0 Å². The van der Waals surface area contributed by atoms with E-state index in [9.17, 15) is 4.79 Å². The zero-order valence-corrected chi connectivity index (χ0v) is 16.6. The second-order valence-corrected chi connectivity index (χ2v) is 6.56. The monoisotopic (exact) mass is 362 g/mol. The number of methoxy groups -OCH3 is 1. The minimum atomic E-state index is -0.950. The van der Waals surface area contributed by atoms with E-state index in [0.717, 1.165) is 48.3 Å². The molecule has 26 heavy (non-hydrogen) atoms. The Morgan fingerprint density at radius 1 is 1.04 bits per heavy atom. The van der Waals surface area contributed by atoms with Crippen LogP contribution in [0.3, 0.4) is 0 Å². The largest absolute Gasteiger partial charge is 0.493 e. The highest BCUT2D eigenvalue weighted by atomic mass is 16.5. The molecule has 0 aliphatic rings. The summed E-state index contributed by atoms with van der Waals surface area (Å²) in [5, 5.41) is 8.90. The van der Waals surface area contributed by atoms with Gasteiger partial charge in [0.1, 0.15) is 0 Å². The minimum absolute atomic E-state index is 0.681. The van der Waals surface area contributed by atoms with Crippen LogP contribution in [0.2, 0.25) is 0 Å². The van der Waals surface area contributed by atoms with Crippen molar-refractivity contribution in [3.63, 3.8) is 0 Å². The van der Waals surface area contributed by atoms with Crippen LogP contribution in [0.5, 0.6) is 11.5 Å². The predicted molar refractivity (Wildman–Crippen MR) is 107 cm³/mol. The van der Waals surface area contributed by atoms with Gasteiger partial charge in [-0.3, -0.25) is 0 Å². The highest BCUT2D eigenvalue weighted by molar-refractivity contribution is 5.86. The zero-order valence-electron chi connectivity index (χ0n) is 16.6. The first-order valence-electron chi connectivity index (χ1n) is 9.87. The first-order chi connectivity index (χ1) is 12.6. The fourth-order valence-electron chi connectivity index (χ4n) is 2.95. The van der Waals surface area contributed by atoms with Crippen molar-refractivity contribution in [3.05, 3.63) is 29.3 Å². The van der Waals surface area contributed by atoms with Gasteiger partial charge in [-0.2, -0.15) is 0 Å². The van der Waals surface area contributed by atoms with Gasteiger partial charge in [-0.15, -0.1) is 0 Å². The van der Waals surface area contributed by atoms with Crippen LogP contribution in [-0.2, 0) is 11.2 Å². The van der Waals surface area contributed by atoms with Crippen molar-refractivity contribution in [2.45, 2.75) is 71.6 Å². The van der Waals surface area contributed by atoms with E-state index in [2.05, 4.69) is 13.8 Å². The van der Waals surface area contributed by atoms with Crippen LogP contribution in [0.1, 0.15) is 76.3 Å². The van der Waals surface area contributed by atoms with E-state index in [1.54, 1.807) is 13.2 Å². The molecule has 0 bridgehead atoms. The molecule has 146 valence electrons.